The van der Waals surface area contributed by atoms with Crippen molar-refractivity contribution in [3.05, 3.63) is 29.6 Å². The molecule has 1 heterocycles. The van der Waals surface area contributed by atoms with Crippen LogP contribution in [0.1, 0.15) is 67.9 Å². The molecule has 1 rings (SSSR count). The molecule has 0 amide bonds. The summed E-state index contributed by atoms with van der Waals surface area (Å²) in [4.78, 5) is 16.0. The van der Waals surface area contributed by atoms with E-state index < -0.39 is 0 Å². The summed E-state index contributed by atoms with van der Waals surface area (Å²) in [7, 11) is 0. The van der Waals surface area contributed by atoms with Gasteiger partial charge in [0.25, 0.3) is 0 Å². The number of carbonyl (C=O) groups is 1. The highest BCUT2D eigenvalue weighted by molar-refractivity contribution is 5.96. The summed E-state index contributed by atoms with van der Waals surface area (Å²) < 4.78 is 0. The molecule has 0 fully saturated rings. The predicted octanol–water partition coefficient (Wildman–Crippen LogP) is 3.47. The van der Waals surface area contributed by atoms with Crippen LogP contribution in [0.2, 0.25) is 0 Å². The number of ketones is 1. The summed E-state index contributed by atoms with van der Waals surface area (Å²) in [5, 5.41) is 0. The third kappa shape index (κ3) is 5.41. The van der Waals surface area contributed by atoms with Gasteiger partial charge in [-0.15, -0.1) is 0 Å². The van der Waals surface area contributed by atoms with Gasteiger partial charge in [0.2, 0.25) is 0 Å². The molecular weight excluding hydrogens is 224 g/mol. The van der Waals surface area contributed by atoms with Crippen LogP contribution < -0.4 is 5.73 Å². The lowest BCUT2D eigenvalue weighted by Crippen LogP contribution is -2.04. The zero-order valence-electron chi connectivity index (χ0n) is 11.3. The average Bonchev–Trinajstić information content (AvgIpc) is 2.42. The Morgan fingerprint density at radius 2 is 1.94 bits per heavy atom. The van der Waals surface area contributed by atoms with Crippen LogP contribution in [0.4, 0.5) is 0 Å². The van der Waals surface area contributed by atoms with Gasteiger partial charge in [-0.05, 0) is 18.6 Å². The standard InChI is InChI=1S/C15H24N2O/c1-2-3-4-5-6-7-8-15(18)13-9-10-17-14(11-13)12-16/h9-11H,2-8,12,16H2,1H3. The van der Waals surface area contributed by atoms with Crippen molar-refractivity contribution in [3.63, 3.8) is 0 Å². The van der Waals surface area contributed by atoms with Crippen LogP contribution in [0.15, 0.2) is 18.3 Å². The largest absolute Gasteiger partial charge is 0.325 e. The van der Waals surface area contributed by atoms with E-state index in [0.717, 1.165) is 24.1 Å². The number of nitrogens with two attached hydrogens (primary N) is 1. The van der Waals surface area contributed by atoms with Gasteiger partial charge < -0.3 is 5.73 Å². The first-order chi connectivity index (χ1) is 8.77. The maximum atomic E-state index is 11.9. The molecular formula is C15H24N2O. The second kappa shape index (κ2) is 8.81. The fourth-order valence-electron chi connectivity index (χ4n) is 1.97. The average molecular weight is 248 g/mol. The van der Waals surface area contributed by atoms with E-state index in [1.807, 2.05) is 0 Å². The van der Waals surface area contributed by atoms with Crippen LogP contribution in [-0.2, 0) is 6.54 Å². The van der Waals surface area contributed by atoms with E-state index in [1.165, 1.54) is 25.7 Å². The second-order valence-electron chi connectivity index (χ2n) is 4.68. The van der Waals surface area contributed by atoms with Crippen LogP contribution in [-0.4, -0.2) is 10.8 Å². The number of aromatic nitrogens is 1. The molecule has 0 bridgehead atoms. The fourth-order valence-corrected chi connectivity index (χ4v) is 1.97. The molecule has 3 nitrogen and oxygen atoms in total. The van der Waals surface area contributed by atoms with Crippen molar-refractivity contribution in [1.82, 2.24) is 4.98 Å². The number of carbonyl (C=O) groups excluding carboxylic acids is 1. The minimum atomic E-state index is 0.211. The number of Topliss-reactive ketones (excluding diaryl/α,β-unsaturated/α-hetero) is 1. The molecule has 0 spiro atoms. The SMILES string of the molecule is CCCCCCCCC(=O)c1ccnc(CN)c1. The predicted molar refractivity (Wildman–Crippen MR) is 74.5 cm³/mol. The van der Waals surface area contributed by atoms with Gasteiger partial charge in [-0.3, -0.25) is 9.78 Å². The van der Waals surface area contributed by atoms with Crippen LogP contribution >= 0.6 is 0 Å². The normalized spacial score (nSPS) is 10.6. The van der Waals surface area contributed by atoms with Crippen LogP contribution in [0.25, 0.3) is 0 Å². The van der Waals surface area contributed by atoms with Crippen LogP contribution in [0, 0.1) is 0 Å². The lowest BCUT2D eigenvalue weighted by Gasteiger charge is -2.03. The molecule has 3 heteroatoms. The minimum Gasteiger partial charge on any atom is -0.325 e. The third-order valence-corrected chi connectivity index (χ3v) is 3.11. The lowest BCUT2D eigenvalue weighted by atomic mass is 10.0. The van der Waals surface area contributed by atoms with Gasteiger partial charge in [-0.25, -0.2) is 0 Å². The molecule has 0 aliphatic carbocycles. The van der Waals surface area contributed by atoms with Crippen molar-refractivity contribution in [1.29, 1.82) is 0 Å². The van der Waals surface area contributed by atoms with E-state index >= 15 is 0 Å². The van der Waals surface area contributed by atoms with E-state index in [9.17, 15) is 4.79 Å². The highest BCUT2D eigenvalue weighted by Gasteiger charge is 2.06. The van der Waals surface area contributed by atoms with Crippen molar-refractivity contribution >= 4 is 5.78 Å². The molecule has 100 valence electrons. The Labute approximate surface area is 110 Å². The van der Waals surface area contributed by atoms with Crippen LogP contribution in [0.3, 0.4) is 0 Å². The number of rotatable bonds is 9. The van der Waals surface area contributed by atoms with E-state index in [0.29, 0.717) is 13.0 Å². The Morgan fingerprint density at radius 1 is 1.22 bits per heavy atom. The molecule has 2 N–H and O–H groups in total. The number of nitrogens with zero attached hydrogens (tertiary/aromatic N) is 1. The fraction of sp³-hybridized carbons (Fsp3) is 0.600. The first-order valence-electron chi connectivity index (χ1n) is 6.96. The van der Waals surface area contributed by atoms with E-state index in [4.69, 9.17) is 5.73 Å². The molecule has 0 aliphatic heterocycles. The Balaban J connectivity index is 2.27. The summed E-state index contributed by atoms with van der Waals surface area (Å²) in [6.45, 7) is 2.60. The van der Waals surface area contributed by atoms with Gasteiger partial charge in [0.1, 0.15) is 0 Å². The summed E-state index contributed by atoms with van der Waals surface area (Å²) in [5.74, 6) is 0.211. The third-order valence-electron chi connectivity index (χ3n) is 3.11. The van der Waals surface area contributed by atoms with Crippen molar-refractivity contribution < 1.29 is 4.79 Å². The summed E-state index contributed by atoms with van der Waals surface area (Å²) >= 11 is 0. The molecule has 18 heavy (non-hydrogen) atoms. The number of unbranched alkanes of at least 4 members (excludes halogenated alkanes) is 5. The Bertz CT molecular complexity index is 363. The van der Waals surface area contributed by atoms with Gasteiger partial charge in [0, 0.05) is 24.7 Å². The number of hydrogen-bond donors (Lipinski definition) is 1. The second-order valence-corrected chi connectivity index (χ2v) is 4.68. The Kier molecular flexibility index (Phi) is 7.26. The molecule has 0 aliphatic rings. The highest BCUT2D eigenvalue weighted by Crippen LogP contribution is 2.11. The van der Waals surface area contributed by atoms with Crippen LogP contribution in [0.5, 0.6) is 0 Å². The molecule has 0 aromatic carbocycles. The zero-order chi connectivity index (χ0) is 13.2. The highest BCUT2D eigenvalue weighted by atomic mass is 16.1. The molecule has 0 saturated carbocycles. The zero-order valence-corrected chi connectivity index (χ0v) is 11.3. The lowest BCUT2D eigenvalue weighted by molar-refractivity contribution is 0.0979. The maximum absolute atomic E-state index is 11.9. The van der Waals surface area contributed by atoms with Gasteiger partial charge in [0.05, 0.1) is 5.69 Å². The molecule has 1 aromatic heterocycles. The summed E-state index contributed by atoms with van der Waals surface area (Å²) in [5.41, 5.74) is 7.04. The minimum absolute atomic E-state index is 0.211. The van der Waals surface area contributed by atoms with E-state index in [1.54, 1.807) is 18.3 Å². The molecule has 0 saturated heterocycles. The Morgan fingerprint density at radius 3 is 2.67 bits per heavy atom. The van der Waals surface area contributed by atoms with E-state index in [2.05, 4.69) is 11.9 Å². The van der Waals surface area contributed by atoms with Gasteiger partial charge in [0.15, 0.2) is 5.78 Å². The maximum Gasteiger partial charge on any atom is 0.162 e. The van der Waals surface area contributed by atoms with Crippen molar-refractivity contribution in [2.24, 2.45) is 5.73 Å². The van der Waals surface area contributed by atoms with Gasteiger partial charge >= 0.3 is 0 Å². The van der Waals surface area contributed by atoms with Crippen molar-refractivity contribution in [2.75, 3.05) is 0 Å². The quantitative estimate of drug-likeness (QED) is 0.537. The topological polar surface area (TPSA) is 56.0 Å². The molecule has 0 radical (unpaired) electrons. The molecule has 0 atom stereocenters. The first kappa shape index (κ1) is 14.8. The number of hydrogen-bond acceptors (Lipinski definition) is 3. The van der Waals surface area contributed by atoms with Gasteiger partial charge in [-0.1, -0.05) is 39.0 Å². The molecule has 1 aromatic rings. The molecule has 0 unspecified atom stereocenters. The first-order valence-corrected chi connectivity index (χ1v) is 6.96. The summed E-state index contributed by atoms with van der Waals surface area (Å²) in [6, 6.07) is 3.58. The van der Waals surface area contributed by atoms with Crippen molar-refractivity contribution in [2.45, 2.75) is 58.4 Å². The summed E-state index contributed by atoms with van der Waals surface area (Å²) in [6.07, 6.45) is 9.54. The van der Waals surface area contributed by atoms with E-state index in [-0.39, 0.29) is 5.78 Å². The smallest absolute Gasteiger partial charge is 0.162 e. The van der Waals surface area contributed by atoms with Crippen molar-refractivity contribution in [3.8, 4) is 0 Å². The number of pyridine rings is 1. The Hall–Kier alpha value is -1.22. The monoisotopic (exact) mass is 248 g/mol. The van der Waals surface area contributed by atoms with Gasteiger partial charge in [-0.2, -0.15) is 0 Å².